The van der Waals surface area contributed by atoms with Crippen molar-refractivity contribution in [2.75, 3.05) is 6.26 Å². The molecule has 2 fully saturated rings. The molecule has 0 aliphatic heterocycles. The van der Waals surface area contributed by atoms with Gasteiger partial charge in [0.2, 0.25) is 0 Å². The Hall–Kier alpha value is -0.130. The molecule has 2 atom stereocenters. The molecule has 0 heterocycles. The second kappa shape index (κ2) is 3.96. The third kappa shape index (κ3) is 2.26. The molecule has 2 aliphatic rings. The van der Waals surface area contributed by atoms with E-state index in [1.54, 1.807) is 0 Å². The summed E-state index contributed by atoms with van der Waals surface area (Å²) >= 11 is 0. The van der Waals surface area contributed by atoms with E-state index in [4.69, 9.17) is 5.73 Å². The lowest BCUT2D eigenvalue weighted by Crippen LogP contribution is -2.57. The fourth-order valence-electron chi connectivity index (χ4n) is 3.20. The van der Waals surface area contributed by atoms with Crippen LogP contribution in [-0.2, 0) is 9.84 Å². The molecule has 2 rings (SSSR count). The summed E-state index contributed by atoms with van der Waals surface area (Å²) in [5.41, 5.74) is 5.03. The highest BCUT2D eigenvalue weighted by molar-refractivity contribution is 7.91. The highest BCUT2D eigenvalue weighted by atomic mass is 32.2. The summed E-state index contributed by atoms with van der Waals surface area (Å²) in [6, 6.07) is 0.101. The van der Waals surface area contributed by atoms with E-state index in [9.17, 15) is 13.5 Å². The molecule has 2 aliphatic carbocycles. The van der Waals surface area contributed by atoms with Gasteiger partial charge in [0.25, 0.3) is 0 Å². The van der Waals surface area contributed by atoms with Crippen LogP contribution >= 0.6 is 0 Å². The first-order valence-electron chi connectivity index (χ1n) is 5.98. The summed E-state index contributed by atoms with van der Waals surface area (Å²) < 4.78 is 23.0. The van der Waals surface area contributed by atoms with Gasteiger partial charge in [-0.2, -0.15) is 0 Å². The van der Waals surface area contributed by atoms with Crippen LogP contribution in [0.5, 0.6) is 0 Å². The molecule has 94 valence electrons. The van der Waals surface area contributed by atoms with Gasteiger partial charge in [-0.15, -0.1) is 0 Å². The van der Waals surface area contributed by atoms with Gasteiger partial charge in [-0.1, -0.05) is 6.42 Å². The molecule has 0 spiro atoms. The van der Waals surface area contributed by atoms with Crippen molar-refractivity contribution in [2.45, 2.75) is 55.4 Å². The Kier molecular flexibility index (Phi) is 3.05. The Labute approximate surface area is 97.1 Å². The minimum absolute atomic E-state index is 0.101. The van der Waals surface area contributed by atoms with Crippen LogP contribution in [0.3, 0.4) is 0 Å². The standard InChI is InChI=1S/C11H21NO3S/c1-16(14,15)10-4-2-3-8(5-10)11(13)6-9(12)7-11/h8-10,13H,2-7,12H2,1H3. The van der Waals surface area contributed by atoms with Gasteiger partial charge in [0.15, 0.2) is 0 Å². The molecule has 3 N–H and O–H groups in total. The Balaban J connectivity index is 2.03. The highest BCUT2D eigenvalue weighted by Crippen LogP contribution is 2.45. The SMILES string of the molecule is CS(=O)(=O)C1CCCC(C2(O)CC(N)C2)C1. The van der Waals surface area contributed by atoms with Crippen LogP contribution in [0.1, 0.15) is 38.5 Å². The van der Waals surface area contributed by atoms with E-state index in [2.05, 4.69) is 0 Å². The average molecular weight is 247 g/mol. The predicted octanol–water partition coefficient (Wildman–Crippen LogP) is 0.442. The molecule has 0 bridgehead atoms. The van der Waals surface area contributed by atoms with Crippen LogP contribution in [0.4, 0.5) is 0 Å². The minimum Gasteiger partial charge on any atom is -0.389 e. The maximum atomic E-state index is 11.5. The number of sulfone groups is 1. The second-order valence-corrected chi connectivity index (χ2v) is 7.91. The number of nitrogens with two attached hydrogens (primary N) is 1. The van der Waals surface area contributed by atoms with Crippen molar-refractivity contribution >= 4 is 9.84 Å². The Morgan fingerprint density at radius 2 is 1.94 bits per heavy atom. The molecule has 0 aromatic heterocycles. The normalized spacial score (nSPS) is 45.1. The van der Waals surface area contributed by atoms with Crippen molar-refractivity contribution in [3.05, 3.63) is 0 Å². The zero-order chi connectivity index (χ0) is 12.0. The van der Waals surface area contributed by atoms with Crippen LogP contribution in [0.15, 0.2) is 0 Å². The second-order valence-electron chi connectivity index (χ2n) is 5.59. The topological polar surface area (TPSA) is 80.4 Å². The molecule has 16 heavy (non-hydrogen) atoms. The summed E-state index contributed by atoms with van der Waals surface area (Å²) in [5.74, 6) is 0.126. The largest absolute Gasteiger partial charge is 0.389 e. The van der Waals surface area contributed by atoms with Gasteiger partial charge >= 0.3 is 0 Å². The number of hydrogen-bond donors (Lipinski definition) is 2. The van der Waals surface area contributed by atoms with Gasteiger partial charge in [0, 0.05) is 12.3 Å². The van der Waals surface area contributed by atoms with Gasteiger partial charge in [-0.25, -0.2) is 8.42 Å². The van der Waals surface area contributed by atoms with E-state index in [0.29, 0.717) is 19.3 Å². The smallest absolute Gasteiger partial charge is 0.150 e. The van der Waals surface area contributed by atoms with Gasteiger partial charge in [-0.3, -0.25) is 0 Å². The molecular weight excluding hydrogens is 226 g/mol. The lowest BCUT2D eigenvalue weighted by Gasteiger charge is -2.49. The maximum Gasteiger partial charge on any atom is 0.150 e. The molecule has 0 amide bonds. The van der Waals surface area contributed by atoms with Gasteiger partial charge in [-0.05, 0) is 38.0 Å². The summed E-state index contributed by atoms with van der Waals surface area (Å²) in [6.07, 6.45) is 5.77. The predicted molar refractivity (Wildman–Crippen MR) is 62.7 cm³/mol. The van der Waals surface area contributed by atoms with E-state index in [1.807, 2.05) is 0 Å². The monoisotopic (exact) mass is 247 g/mol. The summed E-state index contributed by atoms with van der Waals surface area (Å²) in [6.45, 7) is 0. The van der Waals surface area contributed by atoms with E-state index in [-0.39, 0.29) is 17.2 Å². The van der Waals surface area contributed by atoms with E-state index < -0.39 is 15.4 Å². The van der Waals surface area contributed by atoms with Gasteiger partial charge in [0.1, 0.15) is 9.84 Å². The zero-order valence-corrected chi connectivity index (χ0v) is 10.5. The third-order valence-electron chi connectivity index (χ3n) is 4.22. The van der Waals surface area contributed by atoms with Crippen molar-refractivity contribution < 1.29 is 13.5 Å². The minimum atomic E-state index is -2.96. The first kappa shape index (κ1) is 12.3. The van der Waals surface area contributed by atoms with E-state index in [0.717, 1.165) is 19.3 Å². The Morgan fingerprint density at radius 3 is 2.44 bits per heavy atom. The summed E-state index contributed by atoms with van der Waals surface area (Å²) in [7, 11) is -2.96. The first-order chi connectivity index (χ1) is 7.31. The summed E-state index contributed by atoms with van der Waals surface area (Å²) in [4.78, 5) is 0. The zero-order valence-electron chi connectivity index (χ0n) is 9.72. The van der Waals surface area contributed by atoms with Crippen LogP contribution in [0, 0.1) is 5.92 Å². The Bertz CT molecular complexity index is 359. The Morgan fingerprint density at radius 1 is 1.31 bits per heavy atom. The average Bonchev–Trinajstić information content (AvgIpc) is 2.14. The van der Waals surface area contributed by atoms with Crippen LogP contribution in [0.2, 0.25) is 0 Å². The van der Waals surface area contributed by atoms with Crippen LogP contribution in [0.25, 0.3) is 0 Å². The lowest BCUT2D eigenvalue weighted by molar-refractivity contribution is -0.104. The molecule has 0 aromatic carbocycles. The quantitative estimate of drug-likeness (QED) is 0.742. The van der Waals surface area contributed by atoms with Crippen molar-refractivity contribution in [1.82, 2.24) is 0 Å². The summed E-state index contributed by atoms with van der Waals surface area (Å²) in [5, 5.41) is 10.1. The maximum absolute atomic E-state index is 11.5. The van der Waals surface area contributed by atoms with E-state index >= 15 is 0 Å². The van der Waals surface area contributed by atoms with Crippen molar-refractivity contribution in [3.8, 4) is 0 Å². The van der Waals surface area contributed by atoms with Gasteiger partial charge in [0.05, 0.1) is 10.9 Å². The molecule has 0 aromatic rings. The number of rotatable bonds is 2. The molecule has 0 saturated heterocycles. The molecule has 4 nitrogen and oxygen atoms in total. The molecular formula is C11H21NO3S. The molecule has 5 heteroatoms. The fourth-order valence-corrected chi connectivity index (χ4v) is 4.38. The number of aliphatic hydroxyl groups is 1. The van der Waals surface area contributed by atoms with Crippen molar-refractivity contribution in [2.24, 2.45) is 11.7 Å². The molecule has 0 radical (unpaired) electrons. The lowest BCUT2D eigenvalue weighted by atomic mass is 9.64. The van der Waals surface area contributed by atoms with Gasteiger partial charge < -0.3 is 10.8 Å². The first-order valence-corrected chi connectivity index (χ1v) is 7.93. The van der Waals surface area contributed by atoms with Crippen molar-refractivity contribution in [3.63, 3.8) is 0 Å². The highest BCUT2D eigenvalue weighted by Gasteiger charge is 2.48. The number of hydrogen-bond acceptors (Lipinski definition) is 4. The fraction of sp³-hybridized carbons (Fsp3) is 1.00. The molecule has 2 unspecified atom stereocenters. The van der Waals surface area contributed by atoms with Crippen molar-refractivity contribution in [1.29, 1.82) is 0 Å². The van der Waals surface area contributed by atoms with E-state index in [1.165, 1.54) is 6.26 Å². The van der Waals surface area contributed by atoms with Crippen LogP contribution < -0.4 is 5.73 Å². The van der Waals surface area contributed by atoms with Crippen LogP contribution in [-0.4, -0.2) is 36.7 Å². The third-order valence-corrected chi connectivity index (χ3v) is 5.86. The molecule has 2 saturated carbocycles.